The van der Waals surface area contributed by atoms with E-state index in [-0.39, 0.29) is 22.8 Å². The SMILES string of the molecule is CSNc1ccc2c(c1)SNC(c1c(O)c(C3CCCC3)nn(CCC(C)C)c1=O)=N2. The van der Waals surface area contributed by atoms with Gasteiger partial charge in [0.15, 0.2) is 11.6 Å². The molecule has 166 valence electrons. The molecule has 2 heterocycles. The minimum Gasteiger partial charge on any atom is -0.505 e. The zero-order chi connectivity index (χ0) is 22.0. The zero-order valence-corrected chi connectivity index (χ0v) is 19.8. The van der Waals surface area contributed by atoms with Gasteiger partial charge in [-0.15, -0.1) is 0 Å². The fourth-order valence-electron chi connectivity index (χ4n) is 4.02. The number of aliphatic imine (C=N–C) groups is 1. The molecule has 1 aliphatic carbocycles. The molecule has 0 amide bonds. The first kappa shape index (κ1) is 22.1. The molecule has 1 aromatic heterocycles. The van der Waals surface area contributed by atoms with Crippen molar-refractivity contribution >= 4 is 41.1 Å². The zero-order valence-electron chi connectivity index (χ0n) is 18.1. The molecule has 7 nitrogen and oxygen atoms in total. The molecule has 9 heteroatoms. The molecule has 2 aliphatic rings. The predicted octanol–water partition coefficient (Wildman–Crippen LogP) is 5.03. The van der Waals surface area contributed by atoms with Crippen LogP contribution >= 0.6 is 23.9 Å². The summed E-state index contributed by atoms with van der Waals surface area (Å²) in [6.07, 6.45) is 7.06. The van der Waals surface area contributed by atoms with Crippen LogP contribution in [-0.2, 0) is 6.54 Å². The number of fused-ring (bicyclic) bond motifs is 1. The van der Waals surface area contributed by atoms with Gasteiger partial charge in [0.1, 0.15) is 11.3 Å². The smallest absolute Gasteiger partial charge is 0.281 e. The van der Waals surface area contributed by atoms with E-state index in [9.17, 15) is 9.90 Å². The Morgan fingerprint density at radius 1 is 1.35 bits per heavy atom. The molecule has 31 heavy (non-hydrogen) atoms. The highest BCUT2D eigenvalue weighted by Crippen LogP contribution is 2.39. The lowest BCUT2D eigenvalue weighted by molar-refractivity contribution is 0.418. The van der Waals surface area contributed by atoms with E-state index in [0.29, 0.717) is 24.0 Å². The highest BCUT2D eigenvalue weighted by molar-refractivity contribution is 7.99. The van der Waals surface area contributed by atoms with Gasteiger partial charge in [0.2, 0.25) is 0 Å². The quantitative estimate of drug-likeness (QED) is 0.500. The van der Waals surface area contributed by atoms with Gasteiger partial charge in [-0.3, -0.25) is 4.79 Å². The van der Waals surface area contributed by atoms with Gasteiger partial charge >= 0.3 is 0 Å². The van der Waals surface area contributed by atoms with Crippen LogP contribution in [0.25, 0.3) is 0 Å². The van der Waals surface area contributed by atoms with Crippen LogP contribution in [0.4, 0.5) is 11.4 Å². The second-order valence-electron chi connectivity index (χ2n) is 8.45. The van der Waals surface area contributed by atoms with Crippen LogP contribution in [-0.4, -0.2) is 27.0 Å². The van der Waals surface area contributed by atoms with Crippen molar-refractivity contribution in [1.29, 1.82) is 0 Å². The molecule has 3 N–H and O–H groups in total. The van der Waals surface area contributed by atoms with Crippen molar-refractivity contribution in [3.8, 4) is 5.75 Å². The van der Waals surface area contributed by atoms with Gasteiger partial charge in [-0.2, -0.15) is 5.10 Å². The summed E-state index contributed by atoms with van der Waals surface area (Å²) in [5, 5.41) is 15.7. The molecule has 0 radical (unpaired) electrons. The van der Waals surface area contributed by atoms with E-state index in [0.717, 1.165) is 48.4 Å². The second kappa shape index (κ2) is 9.56. The Morgan fingerprint density at radius 3 is 2.84 bits per heavy atom. The largest absolute Gasteiger partial charge is 0.505 e. The molecular formula is C22H29N5O2S2. The lowest BCUT2D eigenvalue weighted by Crippen LogP contribution is -2.35. The van der Waals surface area contributed by atoms with E-state index in [2.05, 4.69) is 28.4 Å². The van der Waals surface area contributed by atoms with Crippen LogP contribution < -0.4 is 15.0 Å². The molecule has 1 aliphatic heterocycles. The predicted molar refractivity (Wildman–Crippen MR) is 130 cm³/mol. The number of anilines is 1. The molecule has 1 fully saturated rings. The van der Waals surface area contributed by atoms with Crippen molar-refractivity contribution in [3.05, 3.63) is 39.8 Å². The van der Waals surface area contributed by atoms with Crippen LogP contribution in [0.5, 0.6) is 5.75 Å². The standard InChI is InChI=1S/C22H29N5O2S2/c1-13(2)10-11-27-22(29)18(20(28)19(24-27)14-6-4-5-7-14)21-23-16-9-8-15(25-30-3)12-17(16)31-26-21/h8-9,12-14,25,28H,4-7,10-11H2,1-3H3,(H,23,26). The van der Waals surface area contributed by atoms with Gasteiger partial charge in [0.25, 0.3) is 5.56 Å². The Balaban J connectivity index is 1.78. The topological polar surface area (TPSA) is 91.5 Å². The minimum absolute atomic E-state index is 0.0198. The minimum atomic E-state index is -0.295. The van der Waals surface area contributed by atoms with Crippen LogP contribution in [0, 0.1) is 5.92 Å². The molecule has 1 saturated carbocycles. The van der Waals surface area contributed by atoms with Gasteiger partial charge in [-0.25, -0.2) is 9.67 Å². The van der Waals surface area contributed by atoms with Crippen LogP contribution in [0.1, 0.15) is 63.1 Å². The average Bonchev–Trinajstić information content (AvgIpc) is 3.28. The van der Waals surface area contributed by atoms with Gasteiger partial charge in [0, 0.05) is 24.4 Å². The number of nitrogens with zero attached hydrogens (tertiary/aromatic N) is 3. The molecule has 4 rings (SSSR count). The summed E-state index contributed by atoms with van der Waals surface area (Å²) >= 11 is 2.93. The first-order valence-electron chi connectivity index (χ1n) is 10.8. The summed E-state index contributed by atoms with van der Waals surface area (Å²) in [6.45, 7) is 4.79. The fourth-order valence-corrected chi connectivity index (χ4v) is 5.15. The first-order valence-corrected chi connectivity index (χ1v) is 12.8. The Labute approximate surface area is 191 Å². The molecular weight excluding hydrogens is 430 g/mol. The van der Waals surface area contributed by atoms with E-state index in [1.807, 2.05) is 24.5 Å². The summed E-state index contributed by atoms with van der Waals surface area (Å²) in [6, 6.07) is 5.90. The highest BCUT2D eigenvalue weighted by Gasteiger charge is 2.29. The maximum absolute atomic E-state index is 13.3. The molecule has 1 aromatic carbocycles. The second-order valence-corrected chi connectivity index (χ2v) is 9.91. The molecule has 0 bridgehead atoms. The maximum Gasteiger partial charge on any atom is 0.281 e. The van der Waals surface area contributed by atoms with E-state index < -0.39 is 0 Å². The Kier molecular flexibility index (Phi) is 6.81. The molecule has 0 spiro atoms. The highest BCUT2D eigenvalue weighted by atomic mass is 32.2. The first-order chi connectivity index (χ1) is 15.0. The third-order valence-electron chi connectivity index (χ3n) is 5.72. The van der Waals surface area contributed by atoms with Gasteiger partial charge < -0.3 is 14.6 Å². The van der Waals surface area contributed by atoms with Crippen LogP contribution in [0.15, 0.2) is 32.9 Å². The normalized spacial score (nSPS) is 16.2. The van der Waals surface area contributed by atoms with Crippen molar-refractivity contribution in [2.45, 2.75) is 63.3 Å². The van der Waals surface area contributed by atoms with Gasteiger partial charge in [0.05, 0.1) is 10.6 Å². The van der Waals surface area contributed by atoms with Gasteiger partial charge in [-0.05, 0) is 55.3 Å². The van der Waals surface area contributed by atoms with Crippen molar-refractivity contribution in [1.82, 2.24) is 14.5 Å². The van der Waals surface area contributed by atoms with E-state index in [4.69, 9.17) is 4.99 Å². The monoisotopic (exact) mass is 459 g/mol. The molecule has 0 atom stereocenters. The molecule has 2 aromatic rings. The summed E-state index contributed by atoms with van der Waals surface area (Å²) in [4.78, 5) is 19.0. The lowest BCUT2D eigenvalue weighted by atomic mass is 10.0. The number of rotatable bonds is 7. The third-order valence-corrected chi connectivity index (χ3v) is 7.00. The lowest BCUT2D eigenvalue weighted by Gasteiger charge is -2.21. The third kappa shape index (κ3) is 4.72. The Hall–Kier alpha value is -2.13. The van der Waals surface area contributed by atoms with Crippen molar-refractivity contribution < 1.29 is 5.11 Å². The summed E-state index contributed by atoms with van der Waals surface area (Å²) in [7, 11) is 0. The number of benzene rings is 1. The number of aromatic hydroxyl groups is 1. The molecule has 0 unspecified atom stereocenters. The number of nitrogens with one attached hydrogen (secondary N) is 2. The average molecular weight is 460 g/mol. The van der Waals surface area contributed by atoms with E-state index >= 15 is 0 Å². The van der Waals surface area contributed by atoms with Gasteiger partial charge in [-0.1, -0.05) is 38.6 Å². The van der Waals surface area contributed by atoms with Crippen LogP contribution in [0.2, 0.25) is 0 Å². The van der Waals surface area contributed by atoms with E-state index in [1.54, 1.807) is 0 Å². The van der Waals surface area contributed by atoms with Crippen LogP contribution in [0.3, 0.4) is 0 Å². The fraction of sp³-hybridized carbons (Fsp3) is 0.500. The number of amidine groups is 1. The summed E-state index contributed by atoms with van der Waals surface area (Å²) in [5.41, 5.74) is 2.33. The summed E-state index contributed by atoms with van der Waals surface area (Å²) < 4.78 is 7.92. The number of aromatic nitrogens is 2. The van der Waals surface area contributed by atoms with Crippen molar-refractivity contribution in [2.75, 3.05) is 11.0 Å². The molecule has 0 saturated heterocycles. The Morgan fingerprint density at radius 2 is 2.13 bits per heavy atom. The van der Waals surface area contributed by atoms with E-state index in [1.165, 1.54) is 28.6 Å². The maximum atomic E-state index is 13.3. The number of hydrogen-bond acceptors (Lipinski definition) is 8. The summed E-state index contributed by atoms with van der Waals surface area (Å²) in [5.74, 6) is 1.02. The Bertz CT molecular complexity index is 1040. The van der Waals surface area contributed by atoms with Crippen molar-refractivity contribution in [3.63, 3.8) is 0 Å². The number of hydrogen-bond donors (Lipinski definition) is 3. The number of aryl methyl sites for hydroxylation is 1. The van der Waals surface area contributed by atoms with Crippen molar-refractivity contribution in [2.24, 2.45) is 10.9 Å².